The Kier molecular flexibility index (Phi) is 8.86. The maximum Gasteiger partial charge on any atom is 0.220 e. The normalized spacial score (nSPS) is 22.0. The molecule has 0 heterocycles. The zero-order valence-electron chi connectivity index (χ0n) is 16.9. The van der Waals surface area contributed by atoms with Crippen LogP contribution in [0.4, 0.5) is 0 Å². The standard InChI is InChI=1S/C24H31NO3/c1-18(26)11-14-24(28)25-15-7-6-10-22-16-21(17-23(22)19(2)27)13-12-20-8-4-3-5-9-20/h3-6,8-10,12-13,21-23H,7,11,14-17H2,1-2H3,(H,25,28)/b10-6+,13-12+. The summed E-state index contributed by atoms with van der Waals surface area (Å²) in [6, 6.07) is 10.2. The summed E-state index contributed by atoms with van der Waals surface area (Å²) < 4.78 is 0. The number of rotatable bonds is 10. The molecule has 1 N–H and O–H groups in total. The molecule has 0 aromatic heterocycles. The summed E-state index contributed by atoms with van der Waals surface area (Å²) in [5.41, 5.74) is 1.18. The molecule has 0 aliphatic heterocycles. The molecule has 4 nitrogen and oxygen atoms in total. The van der Waals surface area contributed by atoms with Crippen molar-refractivity contribution in [1.29, 1.82) is 0 Å². The smallest absolute Gasteiger partial charge is 0.220 e. The van der Waals surface area contributed by atoms with Crippen LogP contribution in [0.2, 0.25) is 0 Å². The maximum atomic E-state index is 12.0. The van der Waals surface area contributed by atoms with Gasteiger partial charge in [0.15, 0.2) is 0 Å². The van der Waals surface area contributed by atoms with Crippen LogP contribution >= 0.6 is 0 Å². The average molecular weight is 382 g/mol. The van der Waals surface area contributed by atoms with Crippen LogP contribution in [0.15, 0.2) is 48.6 Å². The third-order valence-corrected chi connectivity index (χ3v) is 5.25. The lowest BCUT2D eigenvalue weighted by Crippen LogP contribution is -2.24. The van der Waals surface area contributed by atoms with Crippen LogP contribution in [0.25, 0.3) is 6.08 Å². The van der Waals surface area contributed by atoms with E-state index in [4.69, 9.17) is 0 Å². The fourth-order valence-corrected chi connectivity index (χ4v) is 3.70. The van der Waals surface area contributed by atoms with E-state index in [0.29, 0.717) is 18.9 Å². The van der Waals surface area contributed by atoms with Crippen LogP contribution in [0.3, 0.4) is 0 Å². The Bertz CT molecular complexity index is 721. The largest absolute Gasteiger partial charge is 0.356 e. The molecule has 0 bridgehead atoms. The average Bonchev–Trinajstić information content (AvgIpc) is 3.09. The first-order chi connectivity index (χ1) is 13.5. The minimum atomic E-state index is -0.0859. The summed E-state index contributed by atoms with van der Waals surface area (Å²) >= 11 is 0. The molecule has 1 aliphatic rings. The second-order valence-corrected chi connectivity index (χ2v) is 7.65. The summed E-state index contributed by atoms with van der Waals surface area (Å²) in [6.45, 7) is 3.73. The Balaban J connectivity index is 1.80. The monoisotopic (exact) mass is 381 g/mol. The molecule has 1 fully saturated rings. The van der Waals surface area contributed by atoms with Gasteiger partial charge in [-0.05, 0) is 50.5 Å². The summed E-state index contributed by atoms with van der Waals surface area (Å²) in [4.78, 5) is 34.5. The second kappa shape index (κ2) is 11.4. The molecule has 1 amide bonds. The van der Waals surface area contributed by atoms with E-state index in [0.717, 1.165) is 19.3 Å². The van der Waals surface area contributed by atoms with Gasteiger partial charge in [0.25, 0.3) is 0 Å². The molecule has 28 heavy (non-hydrogen) atoms. The number of hydrogen-bond donors (Lipinski definition) is 1. The first-order valence-corrected chi connectivity index (χ1v) is 10.1. The molecule has 0 spiro atoms. The zero-order valence-corrected chi connectivity index (χ0v) is 16.9. The van der Waals surface area contributed by atoms with Crippen molar-refractivity contribution in [2.45, 2.75) is 46.0 Å². The summed E-state index contributed by atoms with van der Waals surface area (Å²) in [6.07, 6.45) is 11.7. The molecular formula is C24H31NO3. The highest BCUT2D eigenvalue weighted by Crippen LogP contribution is 2.39. The van der Waals surface area contributed by atoms with E-state index in [2.05, 4.69) is 41.8 Å². The number of nitrogens with one attached hydrogen (secondary N) is 1. The topological polar surface area (TPSA) is 63.2 Å². The van der Waals surface area contributed by atoms with Gasteiger partial charge in [-0.15, -0.1) is 0 Å². The van der Waals surface area contributed by atoms with Crippen molar-refractivity contribution < 1.29 is 14.4 Å². The lowest BCUT2D eigenvalue weighted by Gasteiger charge is -2.12. The van der Waals surface area contributed by atoms with E-state index in [9.17, 15) is 14.4 Å². The molecule has 1 aromatic rings. The molecule has 0 saturated heterocycles. The predicted octanol–water partition coefficient (Wildman–Crippen LogP) is 4.36. The summed E-state index contributed by atoms with van der Waals surface area (Å²) in [5.74, 6) is 0.945. The van der Waals surface area contributed by atoms with Crippen molar-refractivity contribution >= 4 is 23.5 Å². The second-order valence-electron chi connectivity index (χ2n) is 7.65. The summed E-state index contributed by atoms with van der Waals surface area (Å²) in [7, 11) is 0. The van der Waals surface area contributed by atoms with Crippen LogP contribution in [0, 0.1) is 17.8 Å². The molecule has 2 rings (SSSR count). The van der Waals surface area contributed by atoms with Crippen molar-refractivity contribution in [2.75, 3.05) is 6.54 Å². The zero-order chi connectivity index (χ0) is 20.4. The number of carbonyl (C=O) groups is 3. The Morgan fingerprint density at radius 1 is 1.04 bits per heavy atom. The Hall–Kier alpha value is -2.49. The van der Waals surface area contributed by atoms with E-state index in [1.807, 2.05) is 18.2 Å². The lowest BCUT2D eigenvalue weighted by atomic mass is 9.92. The van der Waals surface area contributed by atoms with Crippen molar-refractivity contribution in [3.63, 3.8) is 0 Å². The highest BCUT2D eigenvalue weighted by Gasteiger charge is 2.34. The molecule has 150 valence electrons. The van der Waals surface area contributed by atoms with Gasteiger partial charge in [-0.25, -0.2) is 0 Å². The Morgan fingerprint density at radius 3 is 2.46 bits per heavy atom. The van der Waals surface area contributed by atoms with Crippen LogP contribution in [0.1, 0.15) is 51.5 Å². The first kappa shape index (κ1) is 21.8. The number of Topliss-reactive ketones (excluding diaryl/α,β-unsaturated/α-hetero) is 2. The van der Waals surface area contributed by atoms with Crippen LogP contribution < -0.4 is 5.32 Å². The van der Waals surface area contributed by atoms with E-state index in [-0.39, 0.29) is 35.7 Å². The van der Waals surface area contributed by atoms with E-state index in [1.165, 1.54) is 12.5 Å². The highest BCUT2D eigenvalue weighted by atomic mass is 16.2. The Labute approximate surface area is 168 Å². The number of amides is 1. The third kappa shape index (κ3) is 7.63. The molecule has 0 radical (unpaired) electrons. The SMILES string of the molecule is CC(=O)CCC(=O)NCC/C=C/C1CC(/C=C/c2ccccc2)CC1C(C)=O. The lowest BCUT2D eigenvalue weighted by molar-refractivity contribution is -0.124. The van der Waals surface area contributed by atoms with Crippen LogP contribution in [-0.4, -0.2) is 24.0 Å². The number of ketones is 2. The molecule has 1 aliphatic carbocycles. The van der Waals surface area contributed by atoms with Gasteiger partial charge < -0.3 is 10.1 Å². The molecule has 4 heteroatoms. The minimum Gasteiger partial charge on any atom is -0.356 e. The number of benzene rings is 1. The maximum absolute atomic E-state index is 12.0. The van der Waals surface area contributed by atoms with Gasteiger partial charge in [-0.1, -0.05) is 54.6 Å². The van der Waals surface area contributed by atoms with Crippen LogP contribution in [0.5, 0.6) is 0 Å². The molecule has 1 saturated carbocycles. The molecule has 3 atom stereocenters. The minimum absolute atomic E-state index is 0.0300. The van der Waals surface area contributed by atoms with Gasteiger partial charge in [0.05, 0.1) is 0 Å². The first-order valence-electron chi connectivity index (χ1n) is 10.1. The quantitative estimate of drug-likeness (QED) is 0.484. The van der Waals surface area contributed by atoms with E-state index >= 15 is 0 Å². The number of hydrogen-bond acceptors (Lipinski definition) is 3. The molecular weight excluding hydrogens is 350 g/mol. The van der Waals surface area contributed by atoms with Crippen LogP contribution in [-0.2, 0) is 14.4 Å². The number of allylic oxidation sites excluding steroid dienone is 2. The van der Waals surface area contributed by atoms with E-state index < -0.39 is 0 Å². The molecule has 3 unspecified atom stereocenters. The predicted molar refractivity (Wildman–Crippen MR) is 113 cm³/mol. The van der Waals surface area contributed by atoms with Crippen molar-refractivity contribution in [2.24, 2.45) is 17.8 Å². The highest BCUT2D eigenvalue weighted by molar-refractivity contribution is 5.83. The van der Waals surface area contributed by atoms with Crippen molar-refractivity contribution in [3.05, 3.63) is 54.1 Å². The summed E-state index contributed by atoms with van der Waals surface area (Å²) in [5, 5.41) is 2.82. The van der Waals surface area contributed by atoms with E-state index in [1.54, 1.807) is 6.92 Å². The molecule has 1 aromatic carbocycles. The fourth-order valence-electron chi connectivity index (χ4n) is 3.70. The number of carbonyl (C=O) groups excluding carboxylic acids is 3. The van der Waals surface area contributed by atoms with Gasteiger partial charge in [0.1, 0.15) is 11.6 Å². The van der Waals surface area contributed by atoms with Gasteiger partial charge in [0.2, 0.25) is 5.91 Å². The van der Waals surface area contributed by atoms with Gasteiger partial charge in [-0.2, -0.15) is 0 Å². The van der Waals surface area contributed by atoms with Gasteiger partial charge in [0, 0.05) is 25.3 Å². The fraction of sp³-hybridized carbons (Fsp3) is 0.458. The van der Waals surface area contributed by atoms with Gasteiger partial charge >= 0.3 is 0 Å². The van der Waals surface area contributed by atoms with Crippen molar-refractivity contribution in [3.8, 4) is 0 Å². The third-order valence-electron chi connectivity index (χ3n) is 5.25. The van der Waals surface area contributed by atoms with Crippen molar-refractivity contribution in [1.82, 2.24) is 5.32 Å². The van der Waals surface area contributed by atoms with Gasteiger partial charge in [-0.3, -0.25) is 9.59 Å². The Morgan fingerprint density at radius 2 is 1.79 bits per heavy atom.